The molecule has 0 bridgehead atoms. The molecule has 1 unspecified atom stereocenters. The van der Waals surface area contributed by atoms with Gasteiger partial charge in [-0.1, -0.05) is 44.7 Å². The molecule has 1 aliphatic rings. The molecule has 1 heterocycles. The summed E-state index contributed by atoms with van der Waals surface area (Å²) in [6.45, 7) is 7.60. The summed E-state index contributed by atoms with van der Waals surface area (Å²) in [5.74, 6) is 0.568. The van der Waals surface area contributed by atoms with Crippen LogP contribution in [0.25, 0.3) is 0 Å². The van der Waals surface area contributed by atoms with E-state index in [1.807, 2.05) is 11.8 Å². The largest absolute Gasteiger partial charge is 0.335 e. The van der Waals surface area contributed by atoms with E-state index >= 15 is 0 Å². The summed E-state index contributed by atoms with van der Waals surface area (Å²) >= 11 is 1.86. The lowest BCUT2D eigenvalue weighted by Gasteiger charge is -2.10. The topological polar surface area (TPSA) is 24.4 Å². The zero-order valence-corrected chi connectivity index (χ0v) is 11.6. The molecule has 0 saturated heterocycles. The molecule has 2 rings (SSSR count). The number of hydrogen-bond acceptors (Lipinski definition) is 3. The van der Waals surface area contributed by atoms with Crippen molar-refractivity contribution in [2.45, 2.75) is 38.4 Å². The zero-order chi connectivity index (χ0) is 12.3. The highest BCUT2D eigenvalue weighted by molar-refractivity contribution is 8.15. The monoisotopic (exact) mass is 248 g/mol. The van der Waals surface area contributed by atoms with Crippen molar-refractivity contribution in [3.8, 4) is 0 Å². The van der Waals surface area contributed by atoms with E-state index in [4.69, 9.17) is 0 Å². The lowest BCUT2D eigenvalue weighted by atomic mass is 10.0. The zero-order valence-electron chi connectivity index (χ0n) is 10.7. The third-order valence-corrected chi connectivity index (χ3v) is 4.25. The van der Waals surface area contributed by atoms with E-state index in [-0.39, 0.29) is 0 Å². The number of amidine groups is 1. The molecule has 0 aliphatic carbocycles. The van der Waals surface area contributed by atoms with Crippen molar-refractivity contribution in [1.29, 1.82) is 0 Å². The van der Waals surface area contributed by atoms with Crippen LogP contribution in [-0.2, 0) is 0 Å². The number of benzene rings is 1. The maximum absolute atomic E-state index is 4.53. The fourth-order valence-electron chi connectivity index (χ4n) is 1.80. The minimum absolute atomic E-state index is 0.568. The number of hydrogen-bond donors (Lipinski definition) is 1. The van der Waals surface area contributed by atoms with Crippen LogP contribution in [-0.4, -0.2) is 17.0 Å². The minimum atomic E-state index is 0.568. The van der Waals surface area contributed by atoms with Crippen LogP contribution in [0.5, 0.6) is 0 Å². The van der Waals surface area contributed by atoms with E-state index in [0.29, 0.717) is 11.2 Å². The van der Waals surface area contributed by atoms with Crippen LogP contribution in [0.3, 0.4) is 0 Å². The van der Waals surface area contributed by atoms with Crippen molar-refractivity contribution in [2.75, 3.05) is 11.9 Å². The Labute approximate surface area is 108 Å². The van der Waals surface area contributed by atoms with Gasteiger partial charge in [-0.05, 0) is 30.0 Å². The second-order valence-electron chi connectivity index (χ2n) is 4.70. The quantitative estimate of drug-likeness (QED) is 0.870. The summed E-state index contributed by atoms with van der Waals surface area (Å²) in [6.07, 6.45) is 1.19. The molecule has 0 aromatic heterocycles. The van der Waals surface area contributed by atoms with Crippen molar-refractivity contribution < 1.29 is 0 Å². The maximum atomic E-state index is 4.53. The molecule has 0 radical (unpaired) electrons. The van der Waals surface area contributed by atoms with Crippen LogP contribution in [0.1, 0.15) is 38.7 Å². The predicted molar refractivity (Wildman–Crippen MR) is 78.1 cm³/mol. The highest BCUT2D eigenvalue weighted by Gasteiger charge is 2.17. The lowest BCUT2D eigenvalue weighted by Crippen LogP contribution is -2.07. The van der Waals surface area contributed by atoms with Gasteiger partial charge in [-0.3, -0.25) is 4.99 Å². The molecule has 17 heavy (non-hydrogen) atoms. The average Bonchev–Trinajstić information content (AvgIpc) is 2.77. The van der Waals surface area contributed by atoms with E-state index in [2.05, 4.69) is 55.3 Å². The van der Waals surface area contributed by atoms with E-state index < -0.39 is 0 Å². The van der Waals surface area contributed by atoms with Crippen molar-refractivity contribution in [3.05, 3.63) is 29.8 Å². The summed E-state index contributed by atoms with van der Waals surface area (Å²) < 4.78 is 0. The second-order valence-corrected chi connectivity index (χ2v) is 5.99. The Morgan fingerprint density at radius 3 is 2.94 bits per heavy atom. The highest BCUT2D eigenvalue weighted by Crippen LogP contribution is 2.25. The maximum Gasteiger partial charge on any atom is 0.161 e. The first-order chi connectivity index (χ1) is 8.19. The van der Waals surface area contributed by atoms with Crippen LogP contribution >= 0.6 is 11.8 Å². The first kappa shape index (κ1) is 12.5. The molecule has 1 aromatic rings. The number of anilines is 1. The van der Waals surface area contributed by atoms with Gasteiger partial charge in [-0.25, -0.2) is 0 Å². The van der Waals surface area contributed by atoms with Crippen molar-refractivity contribution in [1.82, 2.24) is 0 Å². The Morgan fingerprint density at radius 2 is 2.29 bits per heavy atom. The first-order valence-electron chi connectivity index (χ1n) is 6.27. The van der Waals surface area contributed by atoms with E-state index in [9.17, 15) is 0 Å². The lowest BCUT2D eigenvalue weighted by molar-refractivity contribution is 0.843. The molecular weight excluding hydrogens is 228 g/mol. The molecular formula is C14H20N2S. The molecule has 1 atom stereocenters. The summed E-state index contributed by atoms with van der Waals surface area (Å²) in [5.41, 5.74) is 2.52. The van der Waals surface area contributed by atoms with Crippen LogP contribution in [0.4, 0.5) is 5.69 Å². The fraction of sp³-hybridized carbons (Fsp3) is 0.500. The Kier molecular flexibility index (Phi) is 4.11. The van der Waals surface area contributed by atoms with Crippen LogP contribution in [0, 0.1) is 0 Å². The minimum Gasteiger partial charge on any atom is -0.335 e. The molecule has 0 spiro atoms. The van der Waals surface area contributed by atoms with Gasteiger partial charge in [0.15, 0.2) is 5.17 Å². The van der Waals surface area contributed by atoms with Gasteiger partial charge in [-0.2, -0.15) is 0 Å². The van der Waals surface area contributed by atoms with Gasteiger partial charge in [0, 0.05) is 10.9 Å². The van der Waals surface area contributed by atoms with E-state index in [1.165, 1.54) is 12.0 Å². The molecule has 92 valence electrons. The van der Waals surface area contributed by atoms with E-state index in [0.717, 1.165) is 17.4 Å². The Balaban J connectivity index is 2.02. The van der Waals surface area contributed by atoms with E-state index in [1.54, 1.807) is 0 Å². The van der Waals surface area contributed by atoms with Crippen LogP contribution in [0.15, 0.2) is 29.3 Å². The molecule has 1 aromatic carbocycles. The molecule has 1 aliphatic heterocycles. The normalized spacial score (nSPS) is 19.5. The predicted octanol–water partition coefficient (Wildman–Crippen LogP) is 4.10. The van der Waals surface area contributed by atoms with Gasteiger partial charge in [0.1, 0.15) is 0 Å². The first-order valence-corrected chi connectivity index (χ1v) is 7.15. The van der Waals surface area contributed by atoms with Gasteiger partial charge in [0.2, 0.25) is 0 Å². The second kappa shape index (κ2) is 5.58. The summed E-state index contributed by atoms with van der Waals surface area (Å²) in [6, 6.07) is 8.60. The number of nitrogens with zero attached hydrogens (tertiary/aromatic N) is 1. The van der Waals surface area contributed by atoms with Gasteiger partial charge in [-0.15, -0.1) is 0 Å². The number of nitrogens with one attached hydrogen (secondary N) is 1. The fourth-order valence-corrected chi connectivity index (χ4v) is 2.75. The summed E-state index contributed by atoms with van der Waals surface area (Å²) in [7, 11) is 0. The third kappa shape index (κ3) is 3.25. The van der Waals surface area contributed by atoms with Crippen molar-refractivity contribution >= 4 is 22.6 Å². The summed E-state index contributed by atoms with van der Waals surface area (Å²) in [5, 5.41) is 5.14. The van der Waals surface area contributed by atoms with Crippen LogP contribution in [0.2, 0.25) is 0 Å². The van der Waals surface area contributed by atoms with Crippen molar-refractivity contribution in [3.63, 3.8) is 0 Å². The molecule has 0 fully saturated rings. The number of rotatable bonds is 3. The Hall–Kier alpha value is -0.960. The standard InChI is InChI=1S/C14H20N2S/c1-4-13-9-15-14(17-13)16-12-7-5-6-11(8-12)10(2)3/h5-8,10,13H,4,9H2,1-3H3,(H,15,16). The highest BCUT2D eigenvalue weighted by atomic mass is 32.2. The smallest absolute Gasteiger partial charge is 0.161 e. The average molecular weight is 248 g/mol. The van der Waals surface area contributed by atoms with Gasteiger partial charge >= 0.3 is 0 Å². The molecule has 0 amide bonds. The van der Waals surface area contributed by atoms with Crippen molar-refractivity contribution in [2.24, 2.45) is 4.99 Å². The number of aliphatic imine (C=N–C) groups is 1. The third-order valence-electron chi connectivity index (χ3n) is 2.98. The van der Waals surface area contributed by atoms with Gasteiger partial charge in [0.05, 0.1) is 6.54 Å². The van der Waals surface area contributed by atoms with Gasteiger partial charge in [0.25, 0.3) is 0 Å². The Bertz CT molecular complexity index is 412. The Morgan fingerprint density at radius 1 is 1.47 bits per heavy atom. The molecule has 0 saturated carbocycles. The molecule has 1 N–H and O–H groups in total. The molecule has 2 nitrogen and oxygen atoms in total. The number of thioether (sulfide) groups is 1. The van der Waals surface area contributed by atoms with Gasteiger partial charge < -0.3 is 5.32 Å². The SMILES string of the molecule is CCC1CN=C(Nc2cccc(C(C)C)c2)S1. The van der Waals surface area contributed by atoms with Crippen LogP contribution < -0.4 is 5.32 Å². The molecule has 3 heteroatoms. The summed E-state index contributed by atoms with van der Waals surface area (Å²) in [4.78, 5) is 4.53.